The number of rotatable bonds is 4. The molecule has 3 heterocycles. The third-order valence-corrected chi connectivity index (χ3v) is 4.18. The minimum atomic E-state index is -4.39. The Morgan fingerprint density at radius 3 is 2.60 bits per heavy atom. The summed E-state index contributed by atoms with van der Waals surface area (Å²) in [5.41, 5.74) is 6.29. The van der Waals surface area contributed by atoms with Crippen LogP contribution in [0.15, 0.2) is 12.7 Å². The van der Waals surface area contributed by atoms with Crippen LogP contribution in [0.2, 0.25) is 0 Å². The summed E-state index contributed by atoms with van der Waals surface area (Å²) in [6.45, 7) is -4.90. The number of hydrogen-bond acceptors (Lipinski definition) is 11. The molecule has 1 aliphatic rings. The fourth-order valence-electron chi connectivity index (χ4n) is 2.32. The van der Waals surface area contributed by atoms with Gasteiger partial charge in [0.2, 0.25) is 0 Å². The molecule has 126 valence electrons. The number of anilines is 1. The molecule has 2 aromatic rings. The van der Waals surface area contributed by atoms with Gasteiger partial charge in [0.1, 0.15) is 30.2 Å². The van der Waals surface area contributed by atoms with Gasteiger partial charge in [0.25, 0.3) is 0 Å². The van der Waals surface area contributed by atoms with E-state index < -0.39 is 37.9 Å². The predicted octanol–water partition coefficient (Wildman–Crippen LogP) is -9.00. The van der Waals surface area contributed by atoms with E-state index in [9.17, 15) is 20.0 Å². The van der Waals surface area contributed by atoms with Gasteiger partial charge in [-0.1, -0.05) is 6.72 Å². The summed E-state index contributed by atoms with van der Waals surface area (Å²) in [6.07, 6.45) is -2.32. The van der Waals surface area contributed by atoms with Crippen LogP contribution in [0.25, 0.3) is 11.2 Å². The first-order valence-electron chi connectivity index (χ1n) is 6.39. The Morgan fingerprint density at radius 1 is 1.28 bits per heavy atom. The van der Waals surface area contributed by atoms with Crippen molar-refractivity contribution in [3.05, 3.63) is 12.7 Å². The molecule has 0 aromatic carbocycles. The number of nitrogens with zero attached hydrogens (tertiary/aromatic N) is 4. The number of hydrogen-bond donors (Lipinski definition) is 3. The Hall–Kier alpha value is 0.760. The standard InChI is InChI=1S/C10H14N5O6PS.2Na/c11-8-5-9(13-2-12-8)15(3-14-5)10-7(17)6(16)4(21-10)1-20-22(18,19)23;;/h2-4,6-7,10,16-17H,1H2,(H2,11,12,13)(H2,18,19,23);;/q;2*+1/p-2/t4-,6-,7-,10-;;/m1../s1. The van der Waals surface area contributed by atoms with E-state index in [1.165, 1.54) is 17.2 Å². The molecule has 1 fully saturated rings. The second kappa shape index (κ2) is 9.30. The van der Waals surface area contributed by atoms with Crippen molar-refractivity contribution in [3.63, 3.8) is 0 Å². The Morgan fingerprint density at radius 2 is 1.96 bits per heavy atom. The fourth-order valence-corrected chi connectivity index (χ4v) is 2.83. The zero-order chi connectivity index (χ0) is 16.8. The van der Waals surface area contributed by atoms with Crippen LogP contribution >= 0.6 is 6.72 Å². The summed E-state index contributed by atoms with van der Waals surface area (Å²) < 4.78 is 11.3. The van der Waals surface area contributed by atoms with E-state index in [0.717, 1.165) is 0 Å². The van der Waals surface area contributed by atoms with Crippen LogP contribution < -0.4 is 74.6 Å². The molecule has 0 aliphatic carbocycles. The van der Waals surface area contributed by atoms with Crippen LogP contribution in [0, 0.1) is 0 Å². The van der Waals surface area contributed by atoms with Crippen molar-refractivity contribution in [2.24, 2.45) is 0 Å². The maximum absolute atomic E-state index is 10.9. The fraction of sp³-hybridized carbons (Fsp3) is 0.500. The van der Waals surface area contributed by atoms with E-state index in [2.05, 4.69) is 31.3 Å². The number of imidazole rings is 1. The number of fused-ring (bicyclic) bond motifs is 1. The van der Waals surface area contributed by atoms with Crippen molar-refractivity contribution in [1.82, 2.24) is 19.5 Å². The summed E-state index contributed by atoms with van der Waals surface area (Å²) in [7, 11) is 0. The maximum Gasteiger partial charge on any atom is 1.00 e. The first-order chi connectivity index (χ1) is 10.8. The van der Waals surface area contributed by atoms with E-state index in [4.69, 9.17) is 10.5 Å². The molecule has 11 nitrogen and oxygen atoms in total. The van der Waals surface area contributed by atoms with Crippen molar-refractivity contribution in [2.45, 2.75) is 24.5 Å². The van der Waals surface area contributed by atoms with Gasteiger partial charge in [0, 0.05) is 0 Å². The van der Waals surface area contributed by atoms with Gasteiger partial charge in [-0.25, -0.2) is 15.0 Å². The van der Waals surface area contributed by atoms with Gasteiger partial charge in [-0.2, -0.15) is 0 Å². The van der Waals surface area contributed by atoms with Crippen LogP contribution in [0.1, 0.15) is 6.23 Å². The molecule has 2 aromatic heterocycles. The smallest absolute Gasteiger partial charge is 0.812 e. The quantitative estimate of drug-likeness (QED) is 0.324. The minimum absolute atomic E-state index is 0. The minimum Gasteiger partial charge on any atom is -0.812 e. The molecule has 0 saturated carbocycles. The van der Waals surface area contributed by atoms with E-state index >= 15 is 0 Å². The van der Waals surface area contributed by atoms with Gasteiger partial charge in [-0.05, 0) is 0 Å². The molecule has 15 heteroatoms. The molecule has 0 spiro atoms. The number of aromatic nitrogens is 4. The normalized spacial score (nSPS) is 26.2. The third kappa shape index (κ3) is 5.18. The Labute approximate surface area is 191 Å². The molecule has 0 radical (unpaired) electrons. The van der Waals surface area contributed by atoms with E-state index in [0.29, 0.717) is 11.2 Å². The van der Waals surface area contributed by atoms with Crippen LogP contribution in [0.5, 0.6) is 0 Å². The van der Waals surface area contributed by atoms with E-state index in [1.54, 1.807) is 0 Å². The topological polar surface area (TPSA) is 175 Å². The zero-order valence-corrected chi connectivity index (χ0v) is 19.1. The van der Waals surface area contributed by atoms with Gasteiger partial charge < -0.3 is 35.0 Å². The molecule has 3 rings (SSSR count). The number of nitrogens with two attached hydrogens (primary N) is 1. The average molecular weight is 407 g/mol. The summed E-state index contributed by atoms with van der Waals surface area (Å²) in [4.78, 5) is 33.6. The van der Waals surface area contributed by atoms with E-state index in [1.807, 2.05) is 0 Å². The van der Waals surface area contributed by atoms with Gasteiger partial charge in [-0.3, -0.25) is 4.57 Å². The molecule has 4 atom stereocenters. The monoisotopic (exact) mass is 407 g/mol. The van der Waals surface area contributed by atoms with Gasteiger partial charge in [-0.15, -0.1) is 11.8 Å². The Kier molecular flexibility index (Phi) is 8.86. The number of aliphatic hydroxyl groups excluding tert-OH is 2. The number of nitrogen functional groups attached to an aromatic ring is 1. The van der Waals surface area contributed by atoms with Crippen molar-refractivity contribution < 1.29 is 88.4 Å². The van der Waals surface area contributed by atoms with Crippen molar-refractivity contribution >= 4 is 35.5 Å². The van der Waals surface area contributed by atoms with Gasteiger partial charge >= 0.3 is 59.1 Å². The largest absolute Gasteiger partial charge is 1.00 e. The molecule has 1 saturated heterocycles. The van der Waals surface area contributed by atoms with E-state index in [-0.39, 0.29) is 64.9 Å². The predicted molar refractivity (Wildman–Crippen MR) is 75.9 cm³/mol. The molecular formula is C10H12N5Na2O6PS. The second-order valence-electron chi connectivity index (χ2n) is 4.87. The summed E-state index contributed by atoms with van der Waals surface area (Å²) in [6, 6.07) is 0. The molecule has 0 unspecified atom stereocenters. The maximum atomic E-state index is 10.9. The molecule has 1 aliphatic heterocycles. The average Bonchev–Trinajstić information content (AvgIpc) is 3.01. The molecule has 0 bridgehead atoms. The van der Waals surface area contributed by atoms with Crippen LogP contribution in [-0.4, -0.2) is 54.7 Å². The Balaban J connectivity index is 0.00000156. The van der Waals surface area contributed by atoms with Gasteiger partial charge in [0.05, 0.1) is 12.9 Å². The van der Waals surface area contributed by atoms with Crippen LogP contribution in [-0.2, 0) is 21.1 Å². The van der Waals surface area contributed by atoms with Crippen LogP contribution in [0.3, 0.4) is 0 Å². The van der Waals surface area contributed by atoms with Crippen molar-refractivity contribution in [1.29, 1.82) is 0 Å². The van der Waals surface area contributed by atoms with Crippen molar-refractivity contribution in [2.75, 3.05) is 12.3 Å². The molecule has 0 amide bonds. The van der Waals surface area contributed by atoms with Crippen LogP contribution in [0.4, 0.5) is 5.82 Å². The summed E-state index contributed by atoms with van der Waals surface area (Å²) >= 11 is 4.11. The number of ether oxygens (including phenoxy) is 1. The first-order valence-corrected chi connectivity index (χ1v) is 8.95. The summed E-state index contributed by atoms with van der Waals surface area (Å²) in [5, 5.41) is 20.1. The molecule has 25 heavy (non-hydrogen) atoms. The Bertz CT molecular complexity index is 777. The molecule has 4 N–H and O–H groups in total. The summed E-state index contributed by atoms with van der Waals surface area (Å²) in [5.74, 6) is 0.153. The second-order valence-corrected chi connectivity index (χ2v) is 7.37. The SMILES string of the molecule is Nc1ncnc2c1ncn2[C@@H]1O[C@H](COP([O-])([O-])=S)[C@@H](O)[C@H]1O.[Na+].[Na+]. The number of aliphatic hydroxyl groups is 2. The zero-order valence-electron chi connectivity index (χ0n) is 13.4. The molecular weight excluding hydrogens is 395 g/mol. The first kappa shape index (κ1) is 23.8. The third-order valence-electron chi connectivity index (χ3n) is 3.40. The van der Waals surface area contributed by atoms with Gasteiger partial charge in [0.15, 0.2) is 17.7 Å². The van der Waals surface area contributed by atoms with Crippen molar-refractivity contribution in [3.8, 4) is 0 Å².